The molecule has 1 unspecified atom stereocenters. The number of aliphatic hydroxyl groups excluding tert-OH is 1. The number of hydrogen-bond acceptors (Lipinski definition) is 5. The molecular formula is C20H23N3O4. The molecule has 27 heavy (non-hydrogen) atoms. The lowest BCUT2D eigenvalue weighted by Gasteiger charge is -2.06. The van der Waals surface area contributed by atoms with Crippen LogP contribution in [-0.2, 0) is 9.53 Å². The van der Waals surface area contributed by atoms with Gasteiger partial charge in [0.15, 0.2) is 0 Å². The van der Waals surface area contributed by atoms with Crippen molar-refractivity contribution in [3.63, 3.8) is 0 Å². The highest BCUT2D eigenvalue weighted by Crippen LogP contribution is 2.23. The van der Waals surface area contributed by atoms with Crippen molar-refractivity contribution >= 4 is 11.7 Å². The zero-order valence-corrected chi connectivity index (χ0v) is 15.7. The number of rotatable bonds is 4. The van der Waals surface area contributed by atoms with Crippen LogP contribution >= 0.6 is 0 Å². The van der Waals surface area contributed by atoms with Crippen LogP contribution in [0.15, 0.2) is 36.9 Å². The molecule has 142 valence electrons. The van der Waals surface area contributed by atoms with Gasteiger partial charge in [0.25, 0.3) is 5.91 Å². The quantitative estimate of drug-likeness (QED) is 0.656. The molecule has 7 heteroatoms. The summed E-state index contributed by atoms with van der Waals surface area (Å²) >= 11 is 0. The summed E-state index contributed by atoms with van der Waals surface area (Å²) in [6.45, 7) is 4.47. The second-order valence-electron chi connectivity index (χ2n) is 5.87. The fourth-order valence-corrected chi connectivity index (χ4v) is 2.47. The number of benzene rings is 1. The van der Waals surface area contributed by atoms with Gasteiger partial charge in [0.05, 0.1) is 19.9 Å². The Bertz CT molecular complexity index is 854. The third kappa shape index (κ3) is 4.68. The highest BCUT2D eigenvalue weighted by molar-refractivity contribution is 5.82. The molecule has 1 amide bonds. The van der Waals surface area contributed by atoms with Crippen molar-refractivity contribution in [1.82, 2.24) is 14.7 Å². The van der Waals surface area contributed by atoms with Gasteiger partial charge in [0.2, 0.25) is 5.88 Å². The monoisotopic (exact) mass is 369 g/mol. The average molecular weight is 369 g/mol. The van der Waals surface area contributed by atoms with E-state index in [4.69, 9.17) is 21.0 Å². The van der Waals surface area contributed by atoms with Crippen LogP contribution in [0.1, 0.15) is 17.7 Å². The topological polar surface area (TPSA) is 76.8 Å². The SMILES string of the molecule is C#Cc1cccc(-n2nc(C(=C)OC)cc2OC)c1.CN1CCC(O)C1=O. The van der Waals surface area contributed by atoms with Crippen molar-refractivity contribution in [1.29, 1.82) is 0 Å². The molecule has 0 spiro atoms. The smallest absolute Gasteiger partial charge is 0.251 e. The minimum Gasteiger partial charge on any atom is -0.495 e. The van der Waals surface area contributed by atoms with Gasteiger partial charge in [-0.05, 0) is 24.6 Å². The van der Waals surface area contributed by atoms with Crippen LogP contribution in [0.25, 0.3) is 11.4 Å². The van der Waals surface area contributed by atoms with E-state index in [-0.39, 0.29) is 5.91 Å². The van der Waals surface area contributed by atoms with E-state index in [0.717, 1.165) is 11.3 Å². The van der Waals surface area contributed by atoms with Crippen molar-refractivity contribution in [2.45, 2.75) is 12.5 Å². The van der Waals surface area contributed by atoms with Gasteiger partial charge in [0.1, 0.15) is 17.6 Å². The maximum absolute atomic E-state index is 10.6. The first-order chi connectivity index (χ1) is 12.9. The Kier molecular flexibility index (Phi) is 6.63. The van der Waals surface area contributed by atoms with Gasteiger partial charge in [-0.1, -0.05) is 18.6 Å². The van der Waals surface area contributed by atoms with Crippen LogP contribution in [0.3, 0.4) is 0 Å². The van der Waals surface area contributed by atoms with E-state index >= 15 is 0 Å². The number of methoxy groups -OCH3 is 2. The number of aliphatic hydroxyl groups is 1. The molecule has 1 fully saturated rings. The molecule has 2 heterocycles. The zero-order valence-electron chi connectivity index (χ0n) is 15.7. The van der Waals surface area contributed by atoms with E-state index in [1.807, 2.05) is 24.3 Å². The highest BCUT2D eigenvalue weighted by Gasteiger charge is 2.25. The number of terminal acetylenes is 1. The Morgan fingerprint density at radius 1 is 1.41 bits per heavy atom. The lowest BCUT2D eigenvalue weighted by Crippen LogP contribution is -2.24. The van der Waals surface area contributed by atoms with Gasteiger partial charge in [0, 0.05) is 25.2 Å². The first-order valence-corrected chi connectivity index (χ1v) is 8.28. The normalized spacial score (nSPS) is 15.6. The number of carbonyl (C=O) groups is 1. The zero-order chi connectivity index (χ0) is 20.0. The van der Waals surface area contributed by atoms with E-state index in [9.17, 15) is 4.79 Å². The predicted molar refractivity (Wildman–Crippen MR) is 102 cm³/mol. The summed E-state index contributed by atoms with van der Waals surface area (Å²) in [5.74, 6) is 3.51. The van der Waals surface area contributed by atoms with Crippen molar-refractivity contribution < 1.29 is 19.4 Å². The molecule has 0 aliphatic carbocycles. The first kappa shape index (κ1) is 20.1. The van der Waals surface area contributed by atoms with Crippen molar-refractivity contribution in [2.24, 2.45) is 0 Å². The van der Waals surface area contributed by atoms with Gasteiger partial charge >= 0.3 is 0 Å². The highest BCUT2D eigenvalue weighted by atomic mass is 16.5. The average Bonchev–Trinajstić information content (AvgIpc) is 3.27. The van der Waals surface area contributed by atoms with E-state index in [0.29, 0.717) is 30.3 Å². The number of nitrogens with zero attached hydrogens (tertiary/aromatic N) is 3. The molecule has 3 rings (SSSR count). The van der Waals surface area contributed by atoms with E-state index < -0.39 is 6.10 Å². The summed E-state index contributed by atoms with van der Waals surface area (Å²) in [7, 11) is 4.82. The van der Waals surface area contributed by atoms with Crippen LogP contribution in [0.5, 0.6) is 5.88 Å². The summed E-state index contributed by atoms with van der Waals surface area (Å²) in [5, 5.41) is 13.2. The van der Waals surface area contributed by atoms with Gasteiger partial charge in [-0.3, -0.25) is 4.79 Å². The number of amides is 1. The third-order valence-electron chi connectivity index (χ3n) is 4.07. The fourth-order valence-electron chi connectivity index (χ4n) is 2.47. The van der Waals surface area contributed by atoms with Crippen molar-refractivity contribution in [3.8, 4) is 23.9 Å². The number of aromatic nitrogens is 2. The summed E-state index contributed by atoms with van der Waals surface area (Å²) in [4.78, 5) is 12.1. The maximum atomic E-state index is 10.6. The molecule has 1 aliphatic heterocycles. The molecular weight excluding hydrogens is 346 g/mol. The molecule has 0 radical (unpaired) electrons. The summed E-state index contributed by atoms with van der Waals surface area (Å²) in [6, 6.07) is 9.24. The number of likely N-dealkylation sites (tertiary alicyclic amines) is 1. The Morgan fingerprint density at radius 3 is 2.63 bits per heavy atom. The Morgan fingerprint density at radius 2 is 2.15 bits per heavy atom. The largest absolute Gasteiger partial charge is 0.495 e. The van der Waals surface area contributed by atoms with Crippen LogP contribution < -0.4 is 4.74 Å². The van der Waals surface area contributed by atoms with Gasteiger partial charge in [-0.2, -0.15) is 5.10 Å². The van der Waals surface area contributed by atoms with Gasteiger partial charge in [-0.25, -0.2) is 4.68 Å². The second kappa shape index (κ2) is 8.92. The van der Waals surface area contributed by atoms with Crippen LogP contribution in [0.2, 0.25) is 0 Å². The van der Waals surface area contributed by atoms with Crippen LogP contribution in [0.4, 0.5) is 0 Å². The van der Waals surface area contributed by atoms with Gasteiger partial charge < -0.3 is 19.5 Å². The molecule has 1 saturated heterocycles. The Labute approximate surface area is 158 Å². The molecule has 2 aromatic rings. The molecule has 1 N–H and O–H groups in total. The Balaban J connectivity index is 0.000000273. The first-order valence-electron chi connectivity index (χ1n) is 8.28. The minimum atomic E-state index is -0.722. The summed E-state index contributed by atoms with van der Waals surface area (Å²) < 4.78 is 12.0. The lowest BCUT2D eigenvalue weighted by atomic mass is 10.2. The molecule has 0 bridgehead atoms. The van der Waals surface area contributed by atoms with Crippen molar-refractivity contribution in [2.75, 3.05) is 27.8 Å². The van der Waals surface area contributed by atoms with Crippen LogP contribution in [-0.4, -0.2) is 59.6 Å². The fraction of sp³-hybridized carbons (Fsp3) is 0.300. The Hall–Kier alpha value is -3.24. The minimum absolute atomic E-state index is 0.148. The molecule has 1 aliphatic rings. The van der Waals surface area contributed by atoms with E-state index in [2.05, 4.69) is 17.6 Å². The molecule has 1 atom stereocenters. The second-order valence-corrected chi connectivity index (χ2v) is 5.87. The summed E-state index contributed by atoms with van der Waals surface area (Å²) in [5.41, 5.74) is 2.22. The summed E-state index contributed by atoms with van der Waals surface area (Å²) in [6.07, 6.45) is 5.27. The number of ether oxygens (including phenoxy) is 2. The molecule has 1 aromatic heterocycles. The standard InChI is InChI=1S/C15H14N2O2.C5H9NO2/c1-5-12-7-6-8-13(9-12)17-15(19-4)10-14(16-17)11(2)18-3;1-6-3-2-4(7)5(6)8/h1,6-10H,2H2,3-4H3;4,7H,2-3H2,1H3. The lowest BCUT2D eigenvalue weighted by molar-refractivity contribution is -0.133. The van der Waals surface area contributed by atoms with E-state index in [1.54, 1.807) is 32.0 Å². The number of carbonyl (C=O) groups excluding carboxylic acids is 1. The van der Waals surface area contributed by atoms with Crippen LogP contribution in [0, 0.1) is 12.3 Å². The number of hydrogen-bond donors (Lipinski definition) is 1. The maximum Gasteiger partial charge on any atom is 0.251 e. The number of likely N-dealkylation sites (N-methyl/N-ethyl adjacent to an activating group) is 1. The molecule has 1 aromatic carbocycles. The third-order valence-corrected chi connectivity index (χ3v) is 4.07. The van der Waals surface area contributed by atoms with Crippen molar-refractivity contribution in [3.05, 3.63) is 48.2 Å². The predicted octanol–water partition coefficient (Wildman–Crippen LogP) is 1.69. The molecule has 7 nitrogen and oxygen atoms in total. The molecule has 0 saturated carbocycles. The van der Waals surface area contributed by atoms with Gasteiger partial charge in [-0.15, -0.1) is 6.42 Å². The van der Waals surface area contributed by atoms with E-state index in [1.165, 1.54) is 4.90 Å².